The topological polar surface area (TPSA) is 116 Å². The van der Waals surface area contributed by atoms with Crippen LogP contribution in [0.4, 0.5) is 18.3 Å². The number of thiazole rings is 1. The molecule has 1 atom stereocenters. The molecule has 1 aromatic heterocycles. The zero-order chi connectivity index (χ0) is 30.9. The molecule has 1 aliphatic heterocycles. The molecule has 1 N–H and O–H groups in total. The normalized spacial score (nSPS) is 16.6. The number of alkyl halides is 3. The van der Waals surface area contributed by atoms with Gasteiger partial charge in [-0.3, -0.25) is 4.79 Å². The molecule has 0 radical (unpaired) electrons. The van der Waals surface area contributed by atoms with Crippen molar-refractivity contribution in [1.29, 1.82) is 5.26 Å². The van der Waals surface area contributed by atoms with Gasteiger partial charge in [0.2, 0.25) is 15.9 Å². The van der Waals surface area contributed by atoms with Gasteiger partial charge in [-0.15, -0.1) is 13.2 Å². The molecule has 4 rings (SSSR count). The van der Waals surface area contributed by atoms with Gasteiger partial charge in [-0.2, -0.15) is 9.57 Å². The second-order valence-corrected chi connectivity index (χ2v) is 13.7. The van der Waals surface area contributed by atoms with Crippen LogP contribution in [0, 0.1) is 18.3 Å². The van der Waals surface area contributed by atoms with E-state index < -0.39 is 34.1 Å². The Morgan fingerprint density at radius 2 is 1.76 bits per heavy atom. The molecule has 2 heterocycles. The number of ether oxygens (including phenoxy) is 1. The monoisotopic (exact) mass is 621 g/mol. The molecule has 0 spiro atoms. The third kappa shape index (κ3) is 7.21. The van der Waals surface area contributed by atoms with E-state index in [0.29, 0.717) is 15.7 Å². The Morgan fingerprint density at radius 3 is 2.31 bits per heavy atom. The maximum atomic E-state index is 13.7. The lowest BCUT2D eigenvalue weighted by Gasteiger charge is -2.39. The first-order valence-corrected chi connectivity index (χ1v) is 15.2. The van der Waals surface area contributed by atoms with E-state index in [2.05, 4.69) is 41.9 Å². The van der Waals surface area contributed by atoms with E-state index in [1.54, 1.807) is 11.8 Å². The molecular weight excluding hydrogens is 591 g/mol. The van der Waals surface area contributed by atoms with Crippen molar-refractivity contribution in [3.63, 3.8) is 0 Å². The van der Waals surface area contributed by atoms with E-state index >= 15 is 0 Å². The number of piperazine rings is 1. The highest BCUT2D eigenvalue weighted by Gasteiger charge is 2.41. The number of aryl methyl sites for hydroxylation is 1. The number of nitrogens with one attached hydrogen (secondary N) is 1. The maximum absolute atomic E-state index is 13.7. The number of hydrogen-bond acceptors (Lipinski definition) is 8. The minimum Gasteiger partial charge on any atom is -0.406 e. The van der Waals surface area contributed by atoms with Gasteiger partial charge in [0.05, 0.1) is 10.6 Å². The van der Waals surface area contributed by atoms with Gasteiger partial charge in [0.1, 0.15) is 22.7 Å². The second-order valence-electron chi connectivity index (χ2n) is 10.8. The van der Waals surface area contributed by atoms with Crippen LogP contribution in [-0.4, -0.2) is 55.7 Å². The van der Waals surface area contributed by atoms with E-state index in [1.807, 2.05) is 24.3 Å². The van der Waals surface area contributed by atoms with Gasteiger partial charge in [-0.1, -0.05) is 56.4 Å². The highest BCUT2D eigenvalue weighted by atomic mass is 32.2. The molecule has 2 aromatic carbocycles. The fraction of sp³-hybridized carbons (Fsp3) is 0.393. The molecule has 3 aromatic rings. The average Bonchev–Trinajstić information content (AvgIpc) is 3.31. The molecular formula is C28H30F3N5O4S2. The molecule has 224 valence electrons. The highest BCUT2D eigenvalue weighted by molar-refractivity contribution is 7.89. The summed E-state index contributed by atoms with van der Waals surface area (Å²) in [6.45, 7) is 8.18. The number of nitriles is 1. The number of nitrogens with zero attached hydrogens (tertiary/aromatic N) is 4. The van der Waals surface area contributed by atoms with Gasteiger partial charge >= 0.3 is 6.36 Å². The number of rotatable bonds is 7. The van der Waals surface area contributed by atoms with Crippen LogP contribution in [0.15, 0.2) is 53.4 Å². The summed E-state index contributed by atoms with van der Waals surface area (Å²) in [5.41, 5.74) is 2.44. The number of sulfonamides is 1. The Kier molecular flexibility index (Phi) is 8.86. The fourth-order valence-electron chi connectivity index (χ4n) is 4.44. The SMILES string of the molecule is Cc1nc(N2CCN(S(=O)(=O)c3ccc(OC(F)(F)F)cc3)[C@@H](C(=O)NCc3ccc(C(C)(C)C)cc3)C2)sc1C#N. The summed E-state index contributed by atoms with van der Waals surface area (Å²) in [6.07, 6.45) is -4.92. The van der Waals surface area contributed by atoms with Crippen molar-refractivity contribution in [1.82, 2.24) is 14.6 Å². The number of aromatic nitrogens is 1. The molecule has 42 heavy (non-hydrogen) atoms. The standard InChI is InChI=1S/C28H30F3N5O4S2/c1-18-24(15-32)41-26(34-18)35-13-14-36(42(38,39)22-11-9-21(10-12-22)40-28(29,30)31)23(17-35)25(37)33-16-19-5-7-20(8-6-19)27(2,3)4/h5-12,23H,13-14,16-17H2,1-4H3,(H,33,37)/t23-/m1/s1. The lowest BCUT2D eigenvalue weighted by molar-refractivity contribution is -0.274. The summed E-state index contributed by atoms with van der Waals surface area (Å²) in [5, 5.41) is 12.7. The Hall–Kier alpha value is -3.67. The number of hydrogen-bond donors (Lipinski definition) is 1. The zero-order valence-corrected chi connectivity index (χ0v) is 25.0. The van der Waals surface area contributed by atoms with Crippen molar-refractivity contribution in [3.8, 4) is 11.8 Å². The number of benzene rings is 2. The van der Waals surface area contributed by atoms with Crippen molar-refractivity contribution >= 4 is 32.4 Å². The predicted molar refractivity (Wildman–Crippen MR) is 152 cm³/mol. The molecule has 1 saturated heterocycles. The van der Waals surface area contributed by atoms with Crippen molar-refractivity contribution in [2.24, 2.45) is 0 Å². The van der Waals surface area contributed by atoms with Crippen LogP contribution in [0.25, 0.3) is 0 Å². The number of anilines is 1. The number of carbonyl (C=O) groups excluding carboxylic acids is 1. The van der Waals surface area contributed by atoms with E-state index in [0.717, 1.165) is 51.0 Å². The summed E-state index contributed by atoms with van der Waals surface area (Å²) < 4.78 is 70.0. The molecule has 1 fully saturated rings. The van der Waals surface area contributed by atoms with Crippen molar-refractivity contribution in [2.45, 2.75) is 57.0 Å². The maximum Gasteiger partial charge on any atom is 0.573 e. The van der Waals surface area contributed by atoms with Gasteiger partial charge in [0.25, 0.3) is 0 Å². The Bertz CT molecular complexity index is 1580. The molecule has 9 nitrogen and oxygen atoms in total. The third-order valence-corrected chi connectivity index (χ3v) is 9.79. The quantitative estimate of drug-likeness (QED) is 0.406. The lowest BCUT2D eigenvalue weighted by Crippen LogP contribution is -2.60. The minimum atomic E-state index is -4.92. The largest absolute Gasteiger partial charge is 0.573 e. The Balaban J connectivity index is 1.59. The zero-order valence-electron chi connectivity index (χ0n) is 23.4. The van der Waals surface area contributed by atoms with E-state index in [1.165, 1.54) is 0 Å². The summed E-state index contributed by atoms with van der Waals surface area (Å²) in [6, 6.07) is 12.5. The fourth-order valence-corrected chi connectivity index (χ4v) is 6.91. The van der Waals surface area contributed by atoms with Crippen LogP contribution >= 0.6 is 11.3 Å². The summed E-state index contributed by atoms with van der Waals surface area (Å²) in [5.74, 6) is -1.11. The highest BCUT2D eigenvalue weighted by Crippen LogP contribution is 2.31. The average molecular weight is 622 g/mol. The number of halogens is 3. The molecule has 0 unspecified atom stereocenters. The van der Waals surface area contributed by atoms with Crippen molar-refractivity contribution in [2.75, 3.05) is 24.5 Å². The Labute approximate surface area is 246 Å². The van der Waals surface area contributed by atoms with Crippen molar-refractivity contribution in [3.05, 3.63) is 70.2 Å². The van der Waals surface area contributed by atoms with Gasteiger partial charge in [-0.25, -0.2) is 13.4 Å². The number of amides is 1. The van der Waals surface area contributed by atoms with E-state index in [9.17, 15) is 31.6 Å². The first-order valence-electron chi connectivity index (χ1n) is 13.0. The van der Waals surface area contributed by atoms with Gasteiger partial charge < -0.3 is 15.0 Å². The molecule has 14 heteroatoms. The second kappa shape index (κ2) is 11.9. The molecule has 1 amide bonds. The summed E-state index contributed by atoms with van der Waals surface area (Å²) in [4.78, 5) is 19.9. The smallest absolute Gasteiger partial charge is 0.406 e. The Morgan fingerprint density at radius 1 is 1.12 bits per heavy atom. The van der Waals surface area contributed by atoms with Crippen LogP contribution in [0.1, 0.15) is 42.5 Å². The first kappa shape index (κ1) is 31.3. The molecule has 0 bridgehead atoms. The molecule has 0 saturated carbocycles. The number of carbonyl (C=O) groups is 1. The van der Waals surface area contributed by atoms with Gasteiger partial charge in [0.15, 0.2) is 5.13 Å². The van der Waals surface area contributed by atoms with Crippen LogP contribution in [0.2, 0.25) is 0 Å². The lowest BCUT2D eigenvalue weighted by atomic mass is 9.87. The molecule has 0 aliphatic carbocycles. The van der Waals surface area contributed by atoms with Crippen molar-refractivity contribution < 1.29 is 31.1 Å². The third-order valence-electron chi connectivity index (χ3n) is 6.74. The summed E-state index contributed by atoms with van der Waals surface area (Å²) >= 11 is 1.15. The minimum absolute atomic E-state index is 0.0406. The van der Waals surface area contributed by atoms with Gasteiger partial charge in [0, 0.05) is 26.2 Å². The van der Waals surface area contributed by atoms with Crippen LogP contribution in [0.3, 0.4) is 0 Å². The van der Waals surface area contributed by atoms with Crippen LogP contribution in [-0.2, 0) is 26.8 Å². The molecule has 1 aliphatic rings. The van der Waals surface area contributed by atoms with E-state index in [-0.39, 0.29) is 36.5 Å². The van der Waals surface area contributed by atoms with Gasteiger partial charge in [-0.05, 0) is 47.7 Å². The predicted octanol–water partition coefficient (Wildman–Crippen LogP) is 4.72. The van der Waals surface area contributed by atoms with Crippen LogP contribution < -0.4 is 15.0 Å². The van der Waals surface area contributed by atoms with Crippen LogP contribution in [0.5, 0.6) is 5.75 Å². The first-order chi connectivity index (χ1) is 19.6. The summed E-state index contributed by atoms with van der Waals surface area (Å²) in [7, 11) is -4.30. The van der Waals surface area contributed by atoms with E-state index in [4.69, 9.17) is 0 Å².